The second kappa shape index (κ2) is 7.41. The lowest BCUT2D eigenvalue weighted by molar-refractivity contribution is 0.169. The van der Waals surface area contributed by atoms with Gasteiger partial charge in [-0.05, 0) is 30.3 Å². The molecule has 0 radical (unpaired) electrons. The molecule has 0 N–H and O–H groups in total. The molecule has 0 saturated carbocycles. The number of nitrogens with zero attached hydrogens (tertiary/aromatic N) is 3. The number of piperazine rings is 1. The number of halogens is 2. The zero-order chi connectivity index (χ0) is 19.0. The van der Waals surface area contributed by atoms with E-state index in [-0.39, 0.29) is 9.92 Å². The van der Waals surface area contributed by atoms with Crippen LogP contribution in [0.25, 0.3) is 11.1 Å². The summed E-state index contributed by atoms with van der Waals surface area (Å²) in [4.78, 5) is 6.76. The highest BCUT2D eigenvalue weighted by Crippen LogP contribution is 2.27. The summed E-state index contributed by atoms with van der Waals surface area (Å²) in [5.74, 6) is 0.636. The minimum atomic E-state index is -3.59. The van der Waals surface area contributed by atoms with Gasteiger partial charge < -0.3 is 4.42 Å². The lowest BCUT2D eigenvalue weighted by atomic mass is 10.3. The van der Waals surface area contributed by atoms with Crippen LogP contribution in [0.3, 0.4) is 0 Å². The first-order valence-electron chi connectivity index (χ1n) is 8.45. The smallest absolute Gasteiger partial charge is 0.243 e. The summed E-state index contributed by atoms with van der Waals surface area (Å²) in [5.41, 5.74) is 1.58. The minimum absolute atomic E-state index is 0.157. The second-order valence-corrected chi connectivity index (χ2v) is 9.08. The third kappa shape index (κ3) is 3.83. The van der Waals surface area contributed by atoms with E-state index in [4.69, 9.17) is 27.6 Å². The Hall–Kier alpha value is -1.64. The van der Waals surface area contributed by atoms with Crippen molar-refractivity contribution in [3.8, 4) is 0 Å². The molecule has 2 aromatic carbocycles. The molecule has 6 nitrogen and oxygen atoms in total. The summed E-state index contributed by atoms with van der Waals surface area (Å²) in [6, 6.07) is 12.0. The molecule has 2 heterocycles. The number of fused-ring (bicyclic) bond motifs is 1. The standard InChI is InChI=1S/C18H17Cl2N3O3S/c19-14-6-5-13(11-15(14)20)27(24,25)23-9-7-22(8-10-23)12-18-21-16-3-1-2-4-17(16)26-18/h1-6,11H,7-10,12H2. The maximum Gasteiger partial charge on any atom is 0.243 e. The van der Waals surface area contributed by atoms with Crippen LogP contribution in [0.5, 0.6) is 0 Å². The van der Waals surface area contributed by atoms with E-state index in [9.17, 15) is 8.42 Å². The van der Waals surface area contributed by atoms with Gasteiger partial charge in [-0.15, -0.1) is 0 Å². The van der Waals surface area contributed by atoms with Gasteiger partial charge in [0.2, 0.25) is 15.9 Å². The number of aromatic nitrogens is 1. The summed E-state index contributed by atoms with van der Waals surface area (Å²) in [6.45, 7) is 2.53. The van der Waals surface area contributed by atoms with Gasteiger partial charge in [-0.3, -0.25) is 4.90 Å². The lowest BCUT2D eigenvalue weighted by Crippen LogP contribution is -2.48. The Balaban J connectivity index is 1.42. The SMILES string of the molecule is O=S(=O)(c1ccc(Cl)c(Cl)c1)N1CCN(Cc2nc3ccccc3o2)CC1. The molecule has 4 rings (SSSR count). The Labute approximate surface area is 167 Å². The maximum atomic E-state index is 12.8. The molecule has 27 heavy (non-hydrogen) atoms. The molecule has 9 heteroatoms. The third-order valence-corrected chi connectivity index (χ3v) is 7.19. The minimum Gasteiger partial charge on any atom is -0.439 e. The monoisotopic (exact) mass is 425 g/mol. The zero-order valence-corrected chi connectivity index (χ0v) is 16.6. The maximum absolute atomic E-state index is 12.8. The fourth-order valence-electron chi connectivity index (χ4n) is 3.09. The first-order chi connectivity index (χ1) is 12.9. The molecule has 3 aromatic rings. The molecule has 0 atom stereocenters. The van der Waals surface area contributed by atoms with Crippen molar-refractivity contribution in [1.29, 1.82) is 0 Å². The molecule has 0 aliphatic carbocycles. The highest BCUT2D eigenvalue weighted by atomic mass is 35.5. The van der Waals surface area contributed by atoms with Crippen molar-refractivity contribution in [2.45, 2.75) is 11.4 Å². The van der Waals surface area contributed by atoms with Gasteiger partial charge in [0.25, 0.3) is 0 Å². The van der Waals surface area contributed by atoms with Gasteiger partial charge in [-0.1, -0.05) is 35.3 Å². The Morgan fingerprint density at radius 2 is 1.74 bits per heavy atom. The topological polar surface area (TPSA) is 66.7 Å². The molecule has 142 valence electrons. The number of para-hydroxylation sites is 2. The van der Waals surface area contributed by atoms with E-state index >= 15 is 0 Å². The van der Waals surface area contributed by atoms with Crippen LogP contribution in [0.4, 0.5) is 0 Å². The molecule has 1 fully saturated rings. The fourth-order valence-corrected chi connectivity index (χ4v) is 4.90. The van der Waals surface area contributed by atoms with Crippen LogP contribution in [0, 0.1) is 0 Å². The van der Waals surface area contributed by atoms with Crippen LogP contribution in [-0.2, 0) is 16.6 Å². The summed E-state index contributed by atoms with van der Waals surface area (Å²) < 4.78 is 32.8. The average molecular weight is 426 g/mol. The van der Waals surface area contributed by atoms with Crippen LogP contribution >= 0.6 is 23.2 Å². The Morgan fingerprint density at radius 3 is 2.44 bits per heavy atom. The van der Waals surface area contributed by atoms with Crippen LogP contribution in [0.2, 0.25) is 10.0 Å². The van der Waals surface area contributed by atoms with E-state index in [1.54, 1.807) is 0 Å². The number of oxazole rings is 1. The number of hydrogen-bond acceptors (Lipinski definition) is 5. The number of sulfonamides is 1. The van der Waals surface area contributed by atoms with Gasteiger partial charge in [0.15, 0.2) is 5.58 Å². The Kier molecular flexibility index (Phi) is 5.13. The van der Waals surface area contributed by atoms with Crippen molar-refractivity contribution in [3.05, 3.63) is 58.4 Å². The predicted molar refractivity (Wildman–Crippen MR) is 105 cm³/mol. The Bertz CT molecular complexity index is 1040. The van der Waals surface area contributed by atoms with E-state index < -0.39 is 10.0 Å². The quantitative estimate of drug-likeness (QED) is 0.638. The van der Waals surface area contributed by atoms with Crippen molar-refractivity contribution in [2.75, 3.05) is 26.2 Å². The molecule has 0 unspecified atom stereocenters. The van der Waals surface area contributed by atoms with Gasteiger partial charge in [0, 0.05) is 26.2 Å². The van der Waals surface area contributed by atoms with Gasteiger partial charge >= 0.3 is 0 Å². The Morgan fingerprint density at radius 1 is 1.00 bits per heavy atom. The molecule has 1 aliphatic heterocycles. The van der Waals surface area contributed by atoms with Gasteiger partial charge in [-0.2, -0.15) is 4.31 Å². The fraction of sp³-hybridized carbons (Fsp3) is 0.278. The molecule has 0 spiro atoms. The van der Waals surface area contributed by atoms with E-state index in [0.717, 1.165) is 11.1 Å². The molecule has 1 aliphatic rings. The first-order valence-corrected chi connectivity index (χ1v) is 10.6. The van der Waals surface area contributed by atoms with Gasteiger partial charge in [-0.25, -0.2) is 13.4 Å². The summed E-state index contributed by atoms with van der Waals surface area (Å²) in [5, 5.41) is 0.561. The van der Waals surface area contributed by atoms with Crippen LogP contribution in [0.15, 0.2) is 51.8 Å². The zero-order valence-electron chi connectivity index (χ0n) is 14.3. The molecule has 0 bridgehead atoms. The second-order valence-electron chi connectivity index (χ2n) is 6.33. The highest BCUT2D eigenvalue weighted by molar-refractivity contribution is 7.89. The normalized spacial score (nSPS) is 16.8. The number of rotatable bonds is 4. The predicted octanol–water partition coefficient (Wildman–Crippen LogP) is 3.64. The van der Waals surface area contributed by atoms with Crippen LogP contribution in [-0.4, -0.2) is 48.8 Å². The third-order valence-electron chi connectivity index (χ3n) is 4.56. The van der Waals surface area contributed by atoms with Crippen LogP contribution in [0.1, 0.15) is 5.89 Å². The number of benzene rings is 2. The summed E-state index contributed by atoms with van der Waals surface area (Å²) >= 11 is 11.8. The van der Waals surface area contributed by atoms with Crippen molar-refractivity contribution < 1.29 is 12.8 Å². The van der Waals surface area contributed by atoms with Crippen molar-refractivity contribution in [1.82, 2.24) is 14.2 Å². The van der Waals surface area contributed by atoms with Crippen molar-refractivity contribution >= 4 is 44.3 Å². The van der Waals surface area contributed by atoms with E-state index in [2.05, 4.69) is 9.88 Å². The largest absolute Gasteiger partial charge is 0.439 e. The highest BCUT2D eigenvalue weighted by Gasteiger charge is 2.29. The summed E-state index contributed by atoms with van der Waals surface area (Å²) in [7, 11) is -3.59. The van der Waals surface area contributed by atoms with E-state index in [0.29, 0.717) is 43.6 Å². The molecule has 1 aromatic heterocycles. The molecular formula is C18H17Cl2N3O3S. The van der Waals surface area contributed by atoms with Crippen molar-refractivity contribution in [3.63, 3.8) is 0 Å². The van der Waals surface area contributed by atoms with Gasteiger partial charge in [0.05, 0.1) is 21.5 Å². The summed E-state index contributed by atoms with van der Waals surface area (Å²) in [6.07, 6.45) is 0. The molecular weight excluding hydrogens is 409 g/mol. The average Bonchev–Trinajstić information content (AvgIpc) is 3.06. The van der Waals surface area contributed by atoms with E-state index in [1.807, 2.05) is 24.3 Å². The van der Waals surface area contributed by atoms with Gasteiger partial charge in [0.1, 0.15) is 5.52 Å². The van der Waals surface area contributed by atoms with Crippen molar-refractivity contribution in [2.24, 2.45) is 0 Å². The van der Waals surface area contributed by atoms with E-state index in [1.165, 1.54) is 22.5 Å². The first kappa shape index (κ1) is 18.7. The molecule has 0 amide bonds. The van der Waals surface area contributed by atoms with Crippen LogP contribution < -0.4 is 0 Å². The molecule has 1 saturated heterocycles. The lowest BCUT2D eigenvalue weighted by Gasteiger charge is -2.33. The number of hydrogen-bond donors (Lipinski definition) is 0.